The van der Waals surface area contributed by atoms with E-state index in [1.807, 2.05) is 13.8 Å². The quantitative estimate of drug-likeness (QED) is 0.849. The molecule has 4 heteroatoms. The van der Waals surface area contributed by atoms with Crippen LogP contribution in [0.15, 0.2) is 18.2 Å². The van der Waals surface area contributed by atoms with Gasteiger partial charge in [-0.15, -0.1) is 0 Å². The number of aliphatic hydroxyl groups excluding tert-OH is 1. The molecule has 0 unspecified atom stereocenters. The first kappa shape index (κ1) is 13.0. The molecule has 0 saturated carbocycles. The number of aliphatic hydroxyl groups is 1. The van der Waals surface area contributed by atoms with Gasteiger partial charge in [0.05, 0.1) is 12.6 Å². The van der Waals surface area contributed by atoms with Crippen molar-refractivity contribution in [2.75, 3.05) is 6.61 Å². The van der Waals surface area contributed by atoms with Crippen LogP contribution in [-0.2, 0) is 0 Å². The largest absolute Gasteiger partial charge is 0.394 e. The molecule has 0 saturated heterocycles. The minimum absolute atomic E-state index is 0.0537. The van der Waals surface area contributed by atoms with Crippen LogP contribution in [-0.4, -0.2) is 23.7 Å². The van der Waals surface area contributed by atoms with Gasteiger partial charge in [-0.25, -0.2) is 0 Å². The Morgan fingerprint density at radius 2 is 2.25 bits per heavy atom. The van der Waals surface area contributed by atoms with Crippen molar-refractivity contribution in [1.29, 1.82) is 0 Å². The fourth-order valence-corrected chi connectivity index (χ4v) is 1.46. The highest BCUT2D eigenvalue weighted by atomic mass is 35.5. The summed E-state index contributed by atoms with van der Waals surface area (Å²) >= 11 is 5.93. The number of carbonyl (C=O) groups excluding carboxylic acids is 1. The van der Waals surface area contributed by atoms with Gasteiger partial charge in [0.1, 0.15) is 0 Å². The third kappa shape index (κ3) is 3.22. The predicted molar refractivity (Wildman–Crippen MR) is 64.8 cm³/mol. The SMILES string of the molecule is CC[C@@H](CO)NC(=O)c1ccc(C)c(Cl)c1. The summed E-state index contributed by atoms with van der Waals surface area (Å²) in [6.45, 7) is 3.73. The second-order valence-corrected chi connectivity index (χ2v) is 4.13. The summed E-state index contributed by atoms with van der Waals surface area (Å²) in [5.74, 6) is -0.206. The lowest BCUT2D eigenvalue weighted by Gasteiger charge is -2.14. The lowest BCUT2D eigenvalue weighted by Crippen LogP contribution is -2.36. The summed E-state index contributed by atoms with van der Waals surface area (Å²) < 4.78 is 0. The molecule has 0 bridgehead atoms. The minimum Gasteiger partial charge on any atom is -0.394 e. The molecule has 0 heterocycles. The van der Waals surface area contributed by atoms with Crippen molar-refractivity contribution in [2.24, 2.45) is 0 Å². The van der Waals surface area contributed by atoms with E-state index in [0.717, 1.165) is 5.56 Å². The highest BCUT2D eigenvalue weighted by Crippen LogP contribution is 2.16. The van der Waals surface area contributed by atoms with Gasteiger partial charge in [-0.2, -0.15) is 0 Å². The van der Waals surface area contributed by atoms with E-state index in [9.17, 15) is 4.79 Å². The van der Waals surface area contributed by atoms with Crippen LogP contribution < -0.4 is 5.32 Å². The lowest BCUT2D eigenvalue weighted by molar-refractivity contribution is 0.0915. The average molecular weight is 242 g/mol. The molecule has 1 aromatic carbocycles. The van der Waals surface area contributed by atoms with Gasteiger partial charge < -0.3 is 10.4 Å². The van der Waals surface area contributed by atoms with Crippen LogP contribution in [0.1, 0.15) is 29.3 Å². The zero-order valence-corrected chi connectivity index (χ0v) is 10.2. The molecule has 0 aliphatic carbocycles. The first-order valence-electron chi connectivity index (χ1n) is 5.26. The molecule has 2 N–H and O–H groups in total. The molecule has 16 heavy (non-hydrogen) atoms. The molecule has 88 valence electrons. The fraction of sp³-hybridized carbons (Fsp3) is 0.417. The van der Waals surface area contributed by atoms with E-state index in [2.05, 4.69) is 5.32 Å². The maximum Gasteiger partial charge on any atom is 0.251 e. The van der Waals surface area contributed by atoms with Gasteiger partial charge in [0, 0.05) is 10.6 Å². The van der Waals surface area contributed by atoms with Gasteiger partial charge in [-0.3, -0.25) is 4.79 Å². The van der Waals surface area contributed by atoms with E-state index in [0.29, 0.717) is 17.0 Å². The van der Waals surface area contributed by atoms with Crippen molar-refractivity contribution in [1.82, 2.24) is 5.32 Å². The van der Waals surface area contributed by atoms with E-state index >= 15 is 0 Å². The summed E-state index contributed by atoms with van der Waals surface area (Å²) in [5.41, 5.74) is 1.45. The highest BCUT2D eigenvalue weighted by molar-refractivity contribution is 6.31. The Bertz CT molecular complexity index is 375. The minimum atomic E-state index is -0.206. The van der Waals surface area contributed by atoms with Crippen LogP contribution in [0, 0.1) is 6.92 Å². The molecule has 0 fully saturated rings. The van der Waals surface area contributed by atoms with Crippen molar-refractivity contribution < 1.29 is 9.90 Å². The number of benzene rings is 1. The second-order valence-electron chi connectivity index (χ2n) is 3.73. The monoisotopic (exact) mass is 241 g/mol. The van der Waals surface area contributed by atoms with E-state index in [1.165, 1.54) is 0 Å². The zero-order valence-electron chi connectivity index (χ0n) is 9.46. The third-order valence-electron chi connectivity index (χ3n) is 2.48. The molecule has 0 radical (unpaired) electrons. The molecule has 1 amide bonds. The van der Waals surface area contributed by atoms with Crippen molar-refractivity contribution in [2.45, 2.75) is 26.3 Å². The Hall–Kier alpha value is -1.06. The van der Waals surface area contributed by atoms with E-state index < -0.39 is 0 Å². The third-order valence-corrected chi connectivity index (χ3v) is 2.89. The highest BCUT2D eigenvalue weighted by Gasteiger charge is 2.11. The summed E-state index contributed by atoms with van der Waals surface area (Å²) in [4.78, 5) is 11.8. The van der Waals surface area contributed by atoms with Crippen LogP contribution >= 0.6 is 11.6 Å². The number of hydrogen-bond donors (Lipinski definition) is 2. The number of halogens is 1. The molecule has 1 aromatic rings. The van der Waals surface area contributed by atoms with Crippen LogP contribution in [0.25, 0.3) is 0 Å². The maximum absolute atomic E-state index is 11.8. The normalized spacial score (nSPS) is 12.2. The van der Waals surface area contributed by atoms with Gasteiger partial charge in [0.15, 0.2) is 0 Å². The first-order chi connectivity index (χ1) is 7.58. The Kier molecular flexibility index (Phi) is 4.77. The standard InChI is InChI=1S/C12H16ClNO2/c1-3-10(7-15)14-12(16)9-5-4-8(2)11(13)6-9/h4-6,10,15H,3,7H2,1-2H3,(H,14,16)/t10-/m0/s1. The molecular weight excluding hydrogens is 226 g/mol. The molecular formula is C12H16ClNO2. The molecule has 0 aliphatic heterocycles. The molecule has 1 atom stereocenters. The first-order valence-corrected chi connectivity index (χ1v) is 5.64. The summed E-state index contributed by atoms with van der Waals surface area (Å²) in [6.07, 6.45) is 0.696. The van der Waals surface area contributed by atoms with Crippen LogP contribution in [0.5, 0.6) is 0 Å². The summed E-state index contributed by atoms with van der Waals surface area (Å²) in [6, 6.07) is 4.96. The topological polar surface area (TPSA) is 49.3 Å². The lowest BCUT2D eigenvalue weighted by atomic mass is 10.1. The van der Waals surface area contributed by atoms with Gasteiger partial charge in [-0.1, -0.05) is 24.6 Å². The van der Waals surface area contributed by atoms with Gasteiger partial charge in [-0.05, 0) is 31.0 Å². The Labute approximate surface area is 100 Å². The van der Waals surface area contributed by atoms with Crippen LogP contribution in [0.3, 0.4) is 0 Å². The number of nitrogens with one attached hydrogen (secondary N) is 1. The molecule has 0 spiro atoms. The van der Waals surface area contributed by atoms with Crippen molar-refractivity contribution in [3.63, 3.8) is 0 Å². The number of rotatable bonds is 4. The zero-order chi connectivity index (χ0) is 12.1. The Balaban J connectivity index is 2.76. The van der Waals surface area contributed by atoms with E-state index in [4.69, 9.17) is 16.7 Å². The van der Waals surface area contributed by atoms with Crippen molar-refractivity contribution in [3.05, 3.63) is 34.3 Å². The van der Waals surface area contributed by atoms with Crippen molar-refractivity contribution in [3.8, 4) is 0 Å². The molecule has 1 rings (SSSR count). The number of amides is 1. The van der Waals surface area contributed by atoms with Crippen LogP contribution in [0.4, 0.5) is 0 Å². The van der Waals surface area contributed by atoms with E-state index in [1.54, 1.807) is 18.2 Å². The van der Waals surface area contributed by atoms with Gasteiger partial charge in [0.2, 0.25) is 0 Å². The Morgan fingerprint density at radius 3 is 2.75 bits per heavy atom. The van der Waals surface area contributed by atoms with Crippen LogP contribution in [0.2, 0.25) is 5.02 Å². The molecule has 0 aliphatic rings. The van der Waals surface area contributed by atoms with Crippen molar-refractivity contribution >= 4 is 17.5 Å². The molecule has 3 nitrogen and oxygen atoms in total. The molecule has 0 aromatic heterocycles. The maximum atomic E-state index is 11.8. The van der Waals surface area contributed by atoms with E-state index in [-0.39, 0.29) is 18.6 Å². The fourth-order valence-electron chi connectivity index (χ4n) is 1.28. The number of aryl methyl sites for hydroxylation is 1. The predicted octanol–water partition coefficient (Wildman–Crippen LogP) is 2.15. The average Bonchev–Trinajstić information content (AvgIpc) is 2.29. The summed E-state index contributed by atoms with van der Waals surface area (Å²) in [5, 5.41) is 12.3. The summed E-state index contributed by atoms with van der Waals surface area (Å²) in [7, 11) is 0. The number of hydrogen-bond acceptors (Lipinski definition) is 2. The van der Waals surface area contributed by atoms with Gasteiger partial charge >= 0.3 is 0 Å². The smallest absolute Gasteiger partial charge is 0.251 e. The number of carbonyl (C=O) groups is 1. The Morgan fingerprint density at radius 1 is 1.56 bits per heavy atom. The van der Waals surface area contributed by atoms with Gasteiger partial charge in [0.25, 0.3) is 5.91 Å². The second kappa shape index (κ2) is 5.87.